The molecule has 0 spiro atoms. The topological polar surface area (TPSA) is 95.9 Å². The Kier molecular flexibility index (Phi) is 6.15. The van der Waals surface area contributed by atoms with Crippen LogP contribution in [-0.2, 0) is 14.3 Å². The van der Waals surface area contributed by atoms with E-state index in [1.807, 2.05) is 36.4 Å². The molecule has 32 heavy (non-hydrogen) atoms. The van der Waals surface area contributed by atoms with Gasteiger partial charge in [0.25, 0.3) is 0 Å². The molecule has 0 aromatic heterocycles. The number of nitrogens with one attached hydrogen (secondary N) is 1. The number of carboxylic acids is 1. The second-order valence-electron chi connectivity index (χ2n) is 8.27. The van der Waals surface area contributed by atoms with Crippen molar-refractivity contribution in [1.82, 2.24) is 10.2 Å². The summed E-state index contributed by atoms with van der Waals surface area (Å²) in [6, 6.07) is 15.2. The van der Waals surface area contributed by atoms with Gasteiger partial charge in [-0.2, -0.15) is 0 Å². The Morgan fingerprint density at radius 2 is 1.72 bits per heavy atom. The first-order valence-corrected chi connectivity index (χ1v) is 11.8. The molecule has 1 aliphatic carbocycles. The van der Waals surface area contributed by atoms with E-state index >= 15 is 0 Å². The van der Waals surface area contributed by atoms with Crippen molar-refractivity contribution < 1.29 is 24.2 Å². The third kappa shape index (κ3) is 3.95. The van der Waals surface area contributed by atoms with Crippen LogP contribution in [0.25, 0.3) is 11.1 Å². The van der Waals surface area contributed by atoms with E-state index < -0.39 is 29.6 Å². The highest BCUT2D eigenvalue weighted by Crippen LogP contribution is 2.44. The van der Waals surface area contributed by atoms with Crippen LogP contribution >= 0.6 is 11.8 Å². The number of thioether (sulfide) groups is 1. The average molecular weight is 455 g/mol. The number of hydrogen-bond donors (Lipinski definition) is 2. The fourth-order valence-electron chi connectivity index (χ4n) is 4.32. The zero-order chi connectivity index (χ0) is 22.9. The highest BCUT2D eigenvalue weighted by Gasteiger charge is 2.44. The van der Waals surface area contributed by atoms with Gasteiger partial charge >= 0.3 is 12.1 Å². The first-order chi connectivity index (χ1) is 15.4. The van der Waals surface area contributed by atoms with Gasteiger partial charge in [-0.05, 0) is 35.6 Å². The lowest BCUT2D eigenvalue weighted by Crippen LogP contribution is -2.59. The first kappa shape index (κ1) is 22.2. The number of fused-ring (bicyclic) bond motifs is 3. The molecule has 2 N–H and O–H groups in total. The molecule has 1 aliphatic heterocycles. The summed E-state index contributed by atoms with van der Waals surface area (Å²) >= 11 is 1.39. The minimum atomic E-state index is -1.25. The first-order valence-electron chi connectivity index (χ1n) is 10.6. The molecule has 7 nitrogen and oxygen atoms in total. The number of aliphatic carboxylic acids is 1. The number of carboxylic acid groups (broad SMARTS) is 1. The molecule has 0 radical (unpaired) electrons. The van der Waals surface area contributed by atoms with Gasteiger partial charge in [-0.25, -0.2) is 9.59 Å². The summed E-state index contributed by atoms with van der Waals surface area (Å²) in [6.45, 7) is 3.53. The summed E-state index contributed by atoms with van der Waals surface area (Å²) in [5.41, 5.74) is 3.23. The van der Waals surface area contributed by atoms with Gasteiger partial charge in [0.2, 0.25) is 5.91 Å². The van der Waals surface area contributed by atoms with E-state index in [0.29, 0.717) is 12.2 Å². The van der Waals surface area contributed by atoms with Gasteiger partial charge in [-0.15, -0.1) is 11.8 Å². The van der Waals surface area contributed by atoms with E-state index in [4.69, 9.17) is 4.74 Å². The van der Waals surface area contributed by atoms with E-state index in [1.54, 1.807) is 13.8 Å². The normalized spacial score (nSPS) is 19.1. The summed E-state index contributed by atoms with van der Waals surface area (Å²) in [4.78, 5) is 38.6. The van der Waals surface area contributed by atoms with Crippen LogP contribution in [0.15, 0.2) is 48.5 Å². The Bertz CT molecular complexity index is 1010. The van der Waals surface area contributed by atoms with Crippen LogP contribution in [0.5, 0.6) is 0 Å². The zero-order valence-corrected chi connectivity index (χ0v) is 18.9. The molecule has 2 aromatic carbocycles. The van der Waals surface area contributed by atoms with Crippen molar-refractivity contribution in [3.05, 3.63) is 59.7 Å². The highest BCUT2D eigenvalue weighted by molar-refractivity contribution is 7.99. The fourth-order valence-corrected chi connectivity index (χ4v) is 5.46. The molecular formula is C24H26N2O5S. The van der Waals surface area contributed by atoms with Gasteiger partial charge in [-0.3, -0.25) is 4.79 Å². The Morgan fingerprint density at radius 3 is 2.28 bits per heavy atom. The van der Waals surface area contributed by atoms with Crippen molar-refractivity contribution in [1.29, 1.82) is 0 Å². The minimum absolute atomic E-state index is 0.0805. The average Bonchev–Trinajstić information content (AvgIpc) is 3.40. The molecule has 2 aliphatic rings. The maximum absolute atomic E-state index is 13.1. The van der Waals surface area contributed by atoms with Crippen molar-refractivity contribution in [3.63, 3.8) is 0 Å². The van der Waals surface area contributed by atoms with Gasteiger partial charge in [0, 0.05) is 11.7 Å². The van der Waals surface area contributed by atoms with E-state index in [2.05, 4.69) is 17.4 Å². The van der Waals surface area contributed by atoms with Crippen molar-refractivity contribution in [2.75, 3.05) is 18.2 Å². The second kappa shape index (κ2) is 8.86. The van der Waals surface area contributed by atoms with Crippen LogP contribution in [0.3, 0.4) is 0 Å². The summed E-state index contributed by atoms with van der Waals surface area (Å²) in [5, 5.41) is 12.1. The predicted octanol–water partition coefficient (Wildman–Crippen LogP) is 3.68. The fraction of sp³-hybridized carbons (Fsp3) is 0.375. The van der Waals surface area contributed by atoms with E-state index in [-0.39, 0.29) is 18.4 Å². The quantitative estimate of drug-likeness (QED) is 0.691. The maximum atomic E-state index is 13.1. The number of carbonyl (C=O) groups excluding carboxylic acids is 2. The highest BCUT2D eigenvalue weighted by atomic mass is 32.2. The SMILES string of the molecule is CCC(C)(NC(=O)OCC1c2ccccc2-c2ccccc21)C(=O)N1CSCC1C(=O)O. The van der Waals surface area contributed by atoms with Crippen LogP contribution in [0.1, 0.15) is 37.3 Å². The van der Waals surface area contributed by atoms with Crippen molar-refractivity contribution in [3.8, 4) is 11.1 Å². The molecule has 2 atom stereocenters. The number of ether oxygens (including phenoxy) is 1. The lowest BCUT2D eigenvalue weighted by Gasteiger charge is -2.33. The van der Waals surface area contributed by atoms with Gasteiger partial charge in [0.05, 0.1) is 5.88 Å². The van der Waals surface area contributed by atoms with Crippen LogP contribution in [-0.4, -0.2) is 57.8 Å². The lowest BCUT2D eigenvalue weighted by molar-refractivity contribution is -0.150. The lowest BCUT2D eigenvalue weighted by atomic mass is 9.96. The molecule has 2 aromatic rings. The van der Waals surface area contributed by atoms with Crippen LogP contribution in [0.2, 0.25) is 0 Å². The smallest absolute Gasteiger partial charge is 0.408 e. The number of alkyl carbamates (subject to hydrolysis) is 1. The molecule has 0 bridgehead atoms. The third-order valence-corrected chi connectivity index (χ3v) is 7.34. The molecule has 1 fully saturated rings. The molecule has 1 saturated heterocycles. The molecule has 2 amide bonds. The van der Waals surface area contributed by atoms with Gasteiger partial charge in [0.15, 0.2) is 0 Å². The third-order valence-electron chi connectivity index (χ3n) is 6.33. The molecule has 168 valence electrons. The second-order valence-corrected chi connectivity index (χ2v) is 9.26. The Labute approximate surface area is 191 Å². The number of rotatable bonds is 6. The molecular weight excluding hydrogens is 428 g/mol. The minimum Gasteiger partial charge on any atom is -0.480 e. The van der Waals surface area contributed by atoms with Gasteiger partial charge in [0.1, 0.15) is 18.2 Å². The number of benzene rings is 2. The largest absolute Gasteiger partial charge is 0.480 e. The molecule has 4 rings (SSSR count). The van der Waals surface area contributed by atoms with E-state index in [9.17, 15) is 19.5 Å². The zero-order valence-electron chi connectivity index (χ0n) is 18.0. The molecule has 8 heteroatoms. The predicted molar refractivity (Wildman–Crippen MR) is 122 cm³/mol. The summed E-state index contributed by atoms with van der Waals surface area (Å²) in [6.07, 6.45) is -0.382. The number of amides is 2. The molecule has 2 unspecified atom stereocenters. The molecule has 1 heterocycles. The number of nitrogens with zero attached hydrogens (tertiary/aromatic N) is 1. The van der Waals surface area contributed by atoms with Crippen LogP contribution in [0.4, 0.5) is 4.79 Å². The summed E-state index contributed by atoms with van der Waals surface area (Å²) in [7, 11) is 0. The van der Waals surface area contributed by atoms with Crippen molar-refractivity contribution in [2.24, 2.45) is 0 Å². The van der Waals surface area contributed by atoms with Gasteiger partial charge < -0.3 is 20.1 Å². The van der Waals surface area contributed by atoms with Crippen molar-refractivity contribution in [2.45, 2.75) is 37.8 Å². The Morgan fingerprint density at radius 1 is 1.12 bits per heavy atom. The number of carbonyl (C=O) groups is 3. The Hall–Kier alpha value is -3.00. The van der Waals surface area contributed by atoms with E-state index in [0.717, 1.165) is 22.3 Å². The maximum Gasteiger partial charge on any atom is 0.408 e. The summed E-state index contributed by atoms with van der Waals surface area (Å²) < 4.78 is 5.58. The monoisotopic (exact) mass is 454 g/mol. The van der Waals surface area contributed by atoms with Gasteiger partial charge in [-0.1, -0.05) is 55.5 Å². The standard InChI is InChI=1S/C24H26N2O5S/c1-3-24(2,22(29)26-14-32-13-20(26)21(27)28)25-23(30)31-12-19-17-10-6-4-8-15(17)16-9-5-7-11-18(16)19/h4-11,19-20H,3,12-14H2,1-2H3,(H,25,30)(H,27,28). The Balaban J connectivity index is 1.45. The van der Waals surface area contributed by atoms with Crippen LogP contribution < -0.4 is 5.32 Å². The summed E-state index contributed by atoms with van der Waals surface area (Å²) in [5.74, 6) is -0.902. The molecule has 0 saturated carbocycles. The number of hydrogen-bond acceptors (Lipinski definition) is 5. The van der Waals surface area contributed by atoms with Crippen LogP contribution in [0, 0.1) is 0 Å². The van der Waals surface area contributed by atoms with E-state index in [1.165, 1.54) is 16.7 Å². The van der Waals surface area contributed by atoms with Crippen molar-refractivity contribution >= 4 is 29.7 Å².